The Kier molecular flexibility index (Phi) is 10.9. The summed E-state index contributed by atoms with van der Waals surface area (Å²) in [6.45, 7) is 2.32. The van der Waals surface area contributed by atoms with E-state index in [0.29, 0.717) is 26.2 Å². The predicted molar refractivity (Wildman–Crippen MR) is 168 cm³/mol. The number of rotatable bonds is 15. The zero-order chi connectivity index (χ0) is 29.0. The van der Waals surface area contributed by atoms with Gasteiger partial charge in [0.05, 0.1) is 25.9 Å². The Balaban J connectivity index is 1.30. The van der Waals surface area contributed by atoms with Crippen LogP contribution in [-0.2, 0) is 35.8 Å². The van der Waals surface area contributed by atoms with Crippen LogP contribution < -0.4 is 0 Å². The molecular formula is C37H39NO4. The van der Waals surface area contributed by atoms with Gasteiger partial charge >= 0.3 is 0 Å². The van der Waals surface area contributed by atoms with Crippen LogP contribution in [0.2, 0.25) is 0 Å². The summed E-state index contributed by atoms with van der Waals surface area (Å²) >= 11 is 0. The summed E-state index contributed by atoms with van der Waals surface area (Å²) in [5.41, 5.74) is 4.31. The van der Waals surface area contributed by atoms with E-state index >= 15 is 0 Å². The van der Waals surface area contributed by atoms with Gasteiger partial charge in [-0.2, -0.15) is 0 Å². The van der Waals surface area contributed by atoms with Crippen LogP contribution >= 0.6 is 0 Å². The fraction of sp³-hybridized carbons (Fsp3) is 0.243. The highest BCUT2D eigenvalue weighted by molar-refractivity contribution is 5.82. The largest absolute Gasteiger partial charge is 0.389 e. The fourth-order valence-corrected chi connectivity index (χ4v) is 5.20. The highest BCUT2D eigenvalue weighted by Crippen LogP contribution is 2.19. The van der Waals surface area contributed by atoms with Gasteiger partial charge in [-0.15, -0.1) is 0 Å². The molecule has 42 heavy (non-hydrogen) atoms. The molecule has 0 heterocycles. The minimum atomic E-state index is -1.01. The molecule has 5 nitrogen and oxygen atoms in total. The van der Waals surface area contributed by atoms with Gasteiger partial charge < -0.3 is 19.7 Å². The molecule has 3 atom stereocenters. The maximum Gasteiger partial charge on any atom is 0.113 e. The second-order valence-electron chi connectivity index (χ2n) is 10.7. The summed E-state index contributed by atoms with van der Waals surface area (Å²) in [4.78, 5) is 2.19. The molecule has 0 fully saturated rings. The van der Waals surface area contributed by atoms with E-state index in [1.165, 1.54) is 0 Å². The zero-order valence-corrected chi connectivity index (χ0v) is 23.8. The van der Waals surface area contributed by atoms with E-state index in [1.54, 1.807) is 0 Å². The lowest BCUT2D eigenvalue weighted by Crippen LogP contribution is -2.47. The van der Waals surface area contributed by atoms with Crippen molar-refractivity contribution < 1.29 is 19.7 Å². The minimum absolute atomic E-state index is 0.0473. The SMILES string of the molecule is OC(COCc1ccccc1)C(OCc1ccc2ccccc2c1)C(O)CN(Cc1ccccc1)Cc1ccccc1. The Morgan fingerprint density at radius 2 is 1.07 bits per heavy atom. The van der Waals surface area contributed by atoms with Crippen LogP contribution in [0.1, 0.15) is 22.3 Å². The molecule has 5 aromatic rings. The summed E-state index contributed by atoms with van der Waals surface area (Å²) in [5.74, 6) is 0. The van der Waals surface area contributed by atoms with E-state index in [9.17, 15) is 10.2 Å². The first-order valence-corrected chi connectivity index (χ1v) is 14.5. The van der Waals surface area contributed by atoms with Crippen molar-refractivity contribution in [2.45, 2.75) is 44.6 Å². The summed E-state index contributed by atoms with van der Waals surface area (Å²) in [6, 6.07) is 44.7. The molecule has 0 amide bonds. The molecule has 2 N–H and O–H groups in total. The summed E-state index contributed by atoms with van der Waals surface area (Å²) in [7, 11) is 0. The van der Waals surface area contributed by atoms with Crippen LogP contribution in [-0.4, -0.2) is 46.6 Å². The standard InChI is InChI=1S/C37H39NO4/c39-35(25-38(23-29-12-4-1-5-13-29)24-30-14-6-2-7-15-30)37(36(40)28-41-26-31-16-8-3-9-17-31)42-27-32-20-21-33-18-10-11-19-34(33)22-32/h1-22,35-37,39-40H,23-28H2. The number of aliphatic hydroxyl groups excluding tert-OH is 2. The summed E-state index contributed by atoms with van der Waals surface area (Å²) in [5, 5.41) is 25.1. The van der Waals surface area contributed by atoms with Crippen molar-refractivity contribution >= 4 is 10.8 Å². The number of ether oxygens (including phenoxy) is 2. The van der Waals surface area contributed by atoms with Crippen molar-refractivity contribution in [3.8, 4) is 0 Å². The second-order valence-corrected chi connectivity index (χ2v) is 10.7. The average Bonchev–Trinajstić information content (AvgIpc) is 3.02. The zero-order valence-electron chi connectivity index (χ0n) is 23.8. The second kappa shape index (κ2) is 15.4. The molecule has 0 aliphatic heterocycles. The van der Waals surface area contributed by atoms with Crippen molar-refractivity contribution in [2.24, 2.45) is 0 Å². The molecular weight excluding hydrogens is 522 g/mol. The van der Waals surface area contributed by atoms with Gasteiger partial charge in [-0.05, 0) is 39.1 Å². The van der Waals surface area contributed by atoms with Gasteiger partial charge in [-0.1, -0.05) is 127 Å². The molecule has 0 saturated heterocycles. The van der Waals surface area contributed by atoms with Gasteiger partial charge in [0.25, 0.3) is 0 Å². The molecule has 0 saturated carbocycles. The lowest BCUT2D eigenvalue weighted by atomic mass is 10.1. The van der Waals surface area contributed by atoms with E-state index in [1.807, 2.05) is 84.9 Å². The monoisotopic (exact) mass is 561 g/mol. The first-order chi connectivity index (χ1) is 20.6. The van der Waals surface area contributed by atoms with E-state index < -0.39 is 18.3 Å². The van der Waals surface area contributed by atoms with Crippen LogP contribution in [0.15, 0.2) is 133 Å². The Morgan fingerprint density at radius 3 is 1.69 bits per heavy atom. The smallest absolute Gasteiger partial charge is 0.113 e. The molecule has 5 rings (SSSR count). The van der Waals surface area contributed by atoms with Crippen LogP contribution in [0.5, 0.6) is 0 Å². The highest BCUT2D eigenvalue weighted by Gasteiger charge is 2.30. The van der Waals surface area contributed by atoms with Crippen molar-refractivity contribution in [2.75, 3.05) is 13.2 Å². The van der Waals surface area contributed by atoms with E-state index in [4.69, 9.17) is 9.47 Å². The molecule has 5 heteroatoms. The molecule has 0 radical (unpaired) electrons. The third-order valence-corrected chi connectivity index (χ3v) is 7.36. The maximum absolute atomic E-state index is 11.6. The summed E-state index contributed by atoms with van der Waals surface area (Å²) in [6.07, 6.45) is -2.81. The van der Waals surface area contributed by atoms with Crippen molar-refractivity contribution in [1.29, 1.82) is 0 Å². The Labute approximate surface area is 248 Å². The Bertz CT molecular complexity index is 1440. The molecule has 216 valence electrons. The number of aliphatic hydroxyl groups is 2. The first-order valence-electron chi connectivity index (χ1n) is 14.5. The third kappa shape index (κ3) is 8.83. The summed E-state index contributed by atoms with van der Waals surface area (Å²) < 4.78 is 12.2. The Morgan fingerprint density at radius 1 is 0.524 bits per heavy atom. The van der Waals surface area contributed by atoms with Crippen LogP contribution in [0, 0.1) is 0 Å². The number of hydrogen-bond acceptors (Lipinski definition) is 5. The fourth-order valence-electron chi connectivity index (χ4n) is 5.20. The molecule has 0 bridgehead atoms. The molecule has 3 unspecified atom stereocenters. The van der Waals surface area contributed by atoms with Crippen molar-refractivity contribution in [1.82, 2.24) is 4.90 Å². The molecule has 0 aromatic heterocycles. The third-order valence-electron chi connectivity index (χ3n) is 7.36. The lowest BCUT2D eigenvalue weighted by molar-refractivity contribution is -0.133. The van der Waals surface area contributed by atoms with E-state index in [0.717, 1.165) is 33.0 Å². The topological polar surface area (TPSA) is 62.2 Å². The van der Waals surface area contributed by atoms with E-state index in [-0.39, 0.29) is 13.2 Å². The van der Waals surface area contributed by atoms with Gasteiger partial charge in [0.1, 0.15) is 12.2 Å². The number of fused-ring (bicyclic) bond motifs is 1. The van der Waals surface area contributed by atoms with Gasteiger partial charge in [0, 0.05) is 19.6 Å². The first kappa shape index (κ1) is 29.6. The van der Waals surface area contributed by atoms with Crippen LogP contribution in [0.25, 0.3) is 10.8 Å². The van der Waals surface area contributed by atoms with Gasteiger partial charge in [-0.3, -0.25) is 4.90 Å². The molecule has 0 spiro atoms. The predicted octanol–water partition coefficient (Wildman–Crippen LogP) is 6.37. The maximum atomic E-state index is 11.6. The quantitative estimate of drug-likeness (QED) is 0.156. The highest BCUT2D eigenvalue weighted by atomic mass is 16.5. The molecule has 0 aliphatic carbocycles. The van der Waals surface area contributed by atoms with Gasteiger partial charge in [-0.25, -0.2) is 0 Å². The van der Waals surface area contributed by atoms with Crippen LogP contribution in [0.4, 0.5) is 0 Å². The van der Waals surface area contributed by atoms with E-state index in [2.05, 4.69) is 53.4 Å². The Hall–Kier alpha value is -3.84. The van der Waals surface area contributed by atoms with Crippen molar-refractivity contribution in [3.63, 3.8) is 0 Å². The van der Waals surface area contributed by atoms with Crippen LogP contribution in [0.3, 0.4) is 0 Å². The number of hydrogen-bond donors (Lipinski definition) is 2. The number of nitrogens with zero attached hydrogens (tertiary/aromatic N) is 1. The average molecular weight is 562 g/mol. The molecule has 5 aromatic carbocycles. The van der Waals surface area contributed by atoms with Gasteiger partial charge in [0.15, 0.2) is 0 Å². The van der Waals surface area contributed by atoms with Gasteiger partial charge in [0.2, 0.25) is 0 Å². The normalized spacial score (nSPS) is 13.7. The lowest BCUT2D eigenvalue weighted by Gasteiger charge is -2.32. The minimum Gasteiger partial charge on any atom is -0.389 e. The number of benzene rings is 5. The van der Waals surface area contributed by atoms with Crippen molar-refractivity contribution in [3.05, 3.63) is 156 Å². The molecule has 0 aliphatic rings.